The Balaban J connectivity index is 1.31. The summed E-state index contributed by atoms with van der Waals surface area (Å²) in [5.41, 5.74) is 6.82. The van der Waals surface area contributed by atoms with Crippen LogP contribution in [0.1, 0.15) is 40.3 Å². The molecule has 1 aromatic heterocycles. The van der Waals surface area contributed by atoms with Gasteiger partial charge in [0, 0.05) is 21.2 Å². The van der Waals surface area contributed by atoms with Crippen LogP contribution in [0, 0.1) is 0 Å². The highest BCUT2D eigenvalue weighted by atomic mass is 35.5. The van der Waals surface area contributed by atoms with E-state index in [1.54, 1.807) is 33.5 Å². The highest BCUT2D eigenvalue weighted by Crippen LogP contribution is 2.43. The van der Waals surface area contributed by atoms with E-state index in [2.05, 4.69) is 18.2 Å². The lowest BCUT2D eigenvalue weighted by atomic mass is 9.83. The van der Waals surface area contributed by atoms with Crippen molar-refractivity contribution in [3.8, 4) is 23.0 Å². The Kier molecular flexibility index (Phi) is 8.57. The molecule has 4 aromatic carbocycles. The largest absolute Gasteiger partial charge is 0.493 e. The van der Waals surface area contributed by atoms with Crippen LogP contribution in [-0.4, -0.2) is 25.9 Å². The molecule has 5 aromatic rings. The summed E-state index contributed by atoms with van der Waals surface area (Å²) in [5.74, 6) is 2.32. The molecule has 2 heterocycles. The van der Waals surface area contributed by atoms with E-state index in [4.69, 9.17) is 47.1 Å². The van der Waals surface area contributed by atoms with E-state index in [1.165, 1.54) is 16.9 Å². The number of allylic oxidation sites excluding steroid dienone is 1. The van der Waals surface area contributed by atoms with Crippen LogP contribution in [0.2, 0.25) is 10.0 Å². The molecule has 0 N–H and O–H groups in total. The van der Waals surface area contributed by atoms with Gasteiger partial charge >= 0.3 is 0 Å². The third kappa shape index (κ3) is 5.82. The Labute approximate surface area is 285 Å². The van der Waals surface area contributed by atoms with Gasteiger partial charge in [0.1, 0.15) is 6.61 Å². The Morgan fingerprint density at radius 2 is 1.64 bits per heavy atom. The van der Waals surface area contributed by atoms with Crippen molar-refractivity contribution < 1.29 is 18.9 Å². The highest BCUT2D eigenvalue weighted by Gasteiger charge is 2.33. The van der Waals surface area contributed by atoms with E-state index in [0.29, 0.717) is 42.4 Å². The van der Waals surface area contributed by atoms with Crippen LogP contribution in [0.25, 0.3) is 11.8 Å². The third-order valence-corrected chi connectivity index (χ3v) is 10.0. The molecule has 7 nitrogen and oxygen atoms in total. The number of rotatable bonds is 8. The summed E-state index contributed by atoms with van der Waals surface area (Å²) < 4.78 is 25.2. The van der Waals surface area contributed by atoms with Gasteiger partial charge in [-0.3, -0.25) is 9.36 Å². The van der Waals surface area contributed by atoms with E-state index in [0.717, 1.165) is 46.4 Å². The Bertz CT molecular complexity index is 2240. The fourth-order valence-electron chi connectivity index (χ4n) is 6.18. The highest BCUT2D eigenvalue weighted by molar-refractivity contribution is 7.07. The van der Waals surface area contributed by atoms with E-state index in [-0.39, 0.29) is 18.2 Å². The zero-order valence-electron chi connectivity index (χ0n) is 25.9. The molecule has 1 atom stereocenters. The number of aromatic nitrogens is 1. The lowest BCUT2D eigenvalue weighted by Crippen LogP contribution is -2.38. The van der Waals surface area contributed by atoms with Gasteiger partial charge in [-0.1, -0.05) is 77.0 Å². The van der Waals surface area contributed by atoms with Crippen LogP contribution in [-0.2, 0) is 13.0 Å². The van der Waals surface area contributed by atoms with Gasteiger partial charge < -0.3 is 18.9 Å². The van der Waals surface area contributed by atoms with Gasteiger partial charge in [-0.2, -0.15) is 0 Å². The number of hydrogen-bond donors (Lipinski definition) is 0. The van der Waals surface area contributed by atoms with Crippen molar-refractivity contribution in [2.75, 3.05) is 21.3 Å². The fourth-order valence-corrected chi connectivity index (χ4v) is 7.65. The van der Waals surface area contributed by atoms with E-state index in [9.17, 15) is 4.79 Å². The summed E-state index contributed by atoms with van der Waals surface area (Å²) >= 11 is 13.7. The first-order valence-electron chi connectivity index (χ1n) is 15.0. The van der Waals surface area contributed by atoms with Crippen molar-refractivity contribution in [3.63, 3.8) is 0 Å². The number of ether oxygens (including phenoxy) is 4. The minimum atomic E-state index is -0.346. The number of aryl methyl sites for hydroxylation is 1. The minimum Gasteiger partial charge on any atom is -0.493 e. The molecule has 0 radical (unpaired) electrons. The third-order valence-electron chi connectivity index (χ3n) is 8.48. The predicted octanol–water partition coefficient (Wildman–Crippen LogP) is 7.23. The first-order valence-corrected chi connectivity index (χ1v) is 16.6. The standard InChI is InChI=1S/C37H30Cl2N2O5S/c1-43-29-15-11-23(18-32(29)45-3)35-27-13-10-22-6-4-5-7-26(22)34(27)40-37-41(35)36(42)33(47-37)17-21-8-14-30(31(16-21)44-2)46-20-24-9-12-25(38)19-28(24)39/h4-9,11-12,14-19,35H,10,13,20H2,1-3H3/b33-17-/t35-/m0/s1. The first kappa shape index (κ1) is 31.1. The van der Waals surface area contributed by atoms with Gasteiger partial charge in [0.25, 0.3) is 5.56 Å². The van der Waals surface area contributed by atoms with Crippen LogP contribution in [0.15, 0.2) is 94.2 Å². The van der Waals surface area contributed by atoms with Gasteiger partial charge in [0.05, 0.1) is 37.6 Å². The number of benzene rings is 4. The molecule has 0 amide bonds. The van der Waals surface area contributed by atoms with Crippen molar-refractivity contribution in [3.05, 3.63) is 142 Å². The number of nitrogens with zero attached hydrogens (tertiary/aromatic N) is 2. The van der Waals surface area contributed by atoms with Crippen LogP contribution >= 0.6 is 34.5 Å². The van der Waals surface area contributed by atoms with Crippen molar-refractivity contribution in [1.82, 2.24) is 4.57 Å². The topological polar surface area (TPSA) is 71.3 Å². The van der Waals surface area contributed by atoms with E-state index in [1.807, 2.05) is 59.2 Å². The van der Waals surface area contributed by atoms with Crippen molar-refractivity contribution in [1.29, 1.82) is 0 Å². The average molecular weight is 686 g/mol. The summed E-state index contributed by atoms with van der Waals surface area (Å²) in [6, 6.07) is 24.7. The van der Waals surface area contributed by atoms with Crippen LogP contribution in [0.4, 0.5) is 0 Å². The van der Waals surface area contributed by atoms with Gasteiger partial charge in [0.15, 0.2) is 27.8 Å². The molecule has 0 saturated carbocycles. The number of halogens is 2. The lowest BCUT2D eigenvalue weighted by molar-refractivity contribution is 0.284. The maximum Gasteiger partial charge on any atom is 0.271 e. The number of thiazole rings is 1. The van der Waals surface area contributed by atoms with Crippen LogP contribution < -0.4 is 33.8 Å². The molecule has 2 aliphatic rings. The molecular formula is C37H30Cl2N2O5S. The maximum absolute atomic E-state index is 14.3. The van der Waals surface area contributed by atoms with Crippen LogP contribution in [0.5, 0.6) is 23.0 Å². The second-order valence-electron chi connectivity index (χ2n) is 11.2. The zero-order chi connectivity index (χ0) is 32.7. The normalized spacial score (nSPS) is 15.3. The summed E-state index contributed by atoms with van der Waals surface area (Å²) in [7, 11) is 4.81. The van der Waals surface area contributed by atoms with Gasteiger partial charge in [-0.05, 0) is 77.6 Å². The van der Waals surface area contributed by atoms with Gasteiger partial charge in [0.2, 0.25) is 0 Å². The molecule has 0 unspecified atom stereocenters. The number of methoxy groups -OCH3 is 3. The zero-order valence-corrected chi connectivity index (χ0v) is 28.2. The number of hydrogen-bond acceptors (Lipinski definition) is 7. The smallest absolute Gasteiger partial charge is 0.271 e. The second kappa shape index (κ2) is 13.0. The van der Waals surface area contributed by atoms with E-state index < -0.39 is 0 Å². The molecule has 0 bridgehead atoms. The average Bonchev–Trinajstić information content (AvgIpc) is 3.40. The Hall–Kier alpha value is -4.50. The van der Waals surface area contributed by atoms with Gasteiger partial charge in [-0.25, -0.2) is 4.99 Å². The molecule has 1 aliphatic carbocycles. The molecule has 0 saturated heterocycles. The lowest BCUT2D eigenvalue weighted by Gasteiger charge is -2.31. The molecule has 10 heteroatoms. The molecular weight excluding hydrogens is 655 g/mol. The summed E-state index contributed by atoms with van der Waals surface area (Å²) in [5, 5.41) is 1.09. The quantitative estimate of drug-likeness (QED) is 0.173. The molecule has 47 heavy (non-hydrogen) atoms. The summed E-state index contributed by atoms with van der Waals surface area (Å²) in [6.07, 6.45) is 3.53. The second-order valence-corrected chi connectivity index (χ2v) is 13.0. The fraction of sp³-hybridized carbons (Fsp3) is 0.189. The molecule has 0 fully saturated rings. The molecule has 1 aliphatic heterocycles. The van der Waals surface area contributed by atoms with Gasteiger partial charge in [-0.15, -0.1) is 0 Å². The SMILES string of the molecule is COc1ccc([C@H]2C3=C(N=c4s/c(=C\c5ccc(OCc6ccc(Cl)cc6Cl)c(OC)c5)c(=O)n42)c2ccccc2CC3)cc1OC. The van der Waals surface area contributed by atoms with E-state index >= 15 is 0 Å². The molecule has 0 spiro atoms. The van der Waals surface area contributed by atoms with Crippen LogP contribution in [0.3, 0.4) is 0 Å². The summed E-state index contributed by atoms with van der Waals surface area (Å²) in [4.78, 5) is 20.0. The monoisotopic (exact) mass is 684 g/mol. The summed E-state index contributed by atoms with van der Waals surface area (Å²) in [6.45, 7) is 0.244. The predicted molar refractivity (Wildman–Crippen MR) is 186 cm³/mol. The van der Waals surface area contributed by atoms with Crippen molar-refractivity contribution in [2.45, 2.75) is 25.5 Å². The Morgan fingerprint density at radius 3 is 2.43 bits per heavy atom. The first-order chi connectivity index (χ1) is 22.9. The Morgan fingerprint density at radius 1 is 0.872 bits per heavy atom. The van der Waals surface area contributed by atoms with Crippen molar-refractivity contribution >= 4 is 46.3 Å². The number of fused-ring (bicyclic) bond motifs is 3. The minimum absolute atomic E-state index is 0.115. The molecule has 7 rings (SSSR count). The van der Waals surface area contributed by atoms with Crippen molar-refractivity contribution in [2.24, 2.45) is 4.99 Å². The molecule has 238 valence electrons. The maximum atomic E-state index is 14.3.